The standard InChI is InChI=1S/C16H25NO4/c1-6-8-12(7-2)17-16(18)11-9-13(19-3)15(21-5)14(10-11)20-4/h9-10,12H,6-8H2,1-5H3,(H,17,18). The quantitative estimate of drug-likeness (QED) is 0.801. The highest BCUT2D eigenvalue weighted by molar-refractivity contribution is 5.95. The molecule has 0 aliphatic rings. The van der Waals surface area contributed by atoms with Crippen LogP contribution < -0.4 is 19.5 Å². The van der Waals surface area contributed by atoms with E-state index in [1.165, 1.54) is 21.3 Å². The van der Waals surface area contributed by atoms with Crippen LogP contribution in [0.25, 0.3) is 0 Å². The molecule has 1 unspecified atom stereocenters. The van der Waals surface area contributed by atoms with E-state index >= 15 is 0 Å². The number of hydrogen-bond acceptors (Lipinski definition) is 4. The number of carbonyl (C=O) groups excluding carboxylic acids is 1. The molecule has 1 atom stereocenters. The molecule has 0 bridgehead atoms. The predicted molar refractivity (Wildman–Crippen MR) is 82.6 cm³/mol. The van der Waals surface area contributed by atoms with E-state index < -0.39 is 0 Å². The van der Waals surface area contributed by atoms with E-state index in [1.807, 2.05) is 0 Å². The summed E-state index contributed by atoms with van der Waals surface area (Å²) in [6.07, 6.45) is 2.91. The van der Waals surface area contributed by atoms with Crippen molar-refractivity contribution in [2.24, 2.45) is 0 Å². The van der Waals surface area contributed by atoms with Gasteiger partial charge in [0.2, 0.25) is 5.75 Å². The van der Waals surface area contributed by atoms with E-state index in [2.05, 4.69) is 19.2 Å². The Labute approximate surface area is 126 Å². The van der Waals surface area contributed by atoms with Crippen LogP contribution in [0.4, 0.5) is 0 Å². The summed E-state index contributed by atoms with van der Waals surface area (Å²) < 4.78 is 15.8. The van der Waals surface area contributed by atoms with E-state index in [9.17, 15) is 4.79 Å². The van der Waals surface area contributed by atoms with E-state index in [0.29, 0.717) is 22.8 Å². The van der Waals surface area contributed by atoms with Crippen LogP contribution in [-0.2, 0) is 0 Å². The SMILES string of the molecule is CCCC(CC)NC(=O)c1cc(OC)c(OC)c(OC)c1. The smallest absolute Gasteiger partial charge is 0.251 e. The largest absolute Gasteiger partial charge is 0.493 e. The fourth-order valence-corrected chi connectivity index (χ4v) is 2.21. The molecule has 0 radical (unpaired) electrons. The summed E-state index contributed by atoms with van der Waals surface area (Å²) in [5.74, 6) is 1.31. The van der Waals surface area contributed by atoms with Crippen LogP contribution in [-0.4, -0.2) is 33.3 Å². The first-order valence-electron chi connectivity index (χ1n) is 7.22. The monoisotopic (exact) mass is 295 g/mol. The number of amides is 1. The second-order valence-corrected chi connectivity index (χ2v) is 4.78. The van der Waals surface area contributed by atoms with Crippen LogP contribution in [0.2, 0.25) is 0 Å². The minimum Gasteiger partial charge on any atom is -0.493 e. The van der Waals surface area contributed by atoms with Gasteiger partial charge in [0.05, 0.1) is 21.3 Å². The first-order chi connectivity index (χ1) is 10.1. The lowest BCUT2D eigenvalue weighted by Gasteiger charge is -2.18. The average Bonchev–Trinajstić information content (AvgIpc) is 2.52. The molecule has 0 aliphatic heterocycles. The Morgan fingerprint density at radius 3 is 2.05 bits per heavy atom. The zero-order valence-electron chi connectivity index (χ0n) is 13.5. The number of methoxy groups -OCH3 is 3. The normalized spacial score (nSPS) is 11.7. The molecule has 1 N–H and O–H groups in total. The second kappa shape index (κ2) is 8.39. The van der Waals surface area contributed by atoms with Gasteiger partial charge in [0.1, 0.15) is 0 Å². The summed E-state index contributed by atoms with van der Waals surface area (Å²) in [4.78, 5) is 12.4. The van der Waals surface area contributed by atoms with E-state index in [-0.39, 0.29) is 11.9 Å². The van der Waals surface area contributed by atoms with Gasteiger partial charge in [-0.05, 0) is 25.0 Å². The number of benzene rings is 1. The maximum absolute atomic E-state index is 12.4. The summed E-state index contributed by atoms with van der Waals surface area (Å²) in [6, 6.07) is 3.51. The van der Waals surface area contributed by atoms with Crippen LogP contribution >= 0.6 is 0 Å². The van der Waals surface area contributed by atoms with Crippen LogP contribution in [0, 0.1) is 0 Å². The second-order valence-electron chi connectivity index (χ2n) is 4.78. The van der Waals surface area contributed by atoms with Crippen molar-refractivity contribution in [1.82, 2.24) is 5.32 Å². The van der Waals surface area contributed by atoms with Crippen molar-refractivity contribution >= 4 is 5.91 Å². The maximum atomic E-state index is 12.4. The van der Waals surface area contributed by atoms with Crippen LogP contribution in [0.5, 0.6) is 17.2 Å². The predicted octanol–water partition coefficient (Wildman–Crippen LogP) is 3.02. The summed E-state index contributed by atoms with van der Waals surface area (Å²) in [5.41, 5.74) is 0.499. The van der Waals surface area contributed by atoms with Crippen LogP contribution in [0.1, 0.15) is 43.5 Å². The molecule has 0 fully saturated rings. The highest BCUT2D eigenvalue weighted by Gasteiger charge is 2.18. The highest BCUT2D eigenvalue weighted by Crippen LogP contribution is 2.38. The lowest BCUT2D eigenvalue weighted by molar-refractivity contribution is 0.0933. The molecule has 0 saturated carbocycles. The molecule has 1 rings (SSSR count). The van der Waals surface area contributed by atoms with Gasteiger partial charge in [-0.1, -0.05) is 20.3 Å². The number of ether oxygens (including phenoxy) is 3. The van der Waals surface area contributed by atoms with Crippen molar-refractivity contribution in [3.63, 3.8) is 0 Å². The molecule has 118 valence electrons. The molecule has 5 heteroatoms. The van der Waals surface area contributed by atoms with Crippen molar-refractivity contribution in [2.45, 2.75) is 39.2 Å². The number of nitrogens with one attached hydrogen (secondary N) is 1. The van der Waals surface area contributed by atoms with Gasteiger partial charge in [0, 0.05) is 11.6 Å². The zero-order chi connectivity index (χ0) is 15.8. The van der Waals surface area contributed by atoms with E-state index in [0.717, 1.165) is 19.3 Å². The number of carbonyl (C=O) groups is 1. The third kappa shape index (κ3) is 4.28. The summed E-state index contributed by atoms with van der Waals surface area (Å²) >= 11 is 0. The lowest BCUT2D eigenvalue weighted by atomic mass is 10.1. The van der Waals surface area contributed by atoms with Crippen molar-refractivity contribution in [1.29, 1.82) is 0 Å². The van der Waals surface area contributed by atoms with Gasteiger partial charge in [-0.3, -0.25) is 4.79 Å². The fourth-order valence-electron chi connectivity index (χ4n) is 2.21. The van der Waals surface area contributed by atoms with Gasteiger partial charge in [-0.2, -0.15) is 0 Å². The Morgan fingerprint density at radius 1 is 1.10 bits per heavy atom. The summed E-state index contributed by atoms with van der Waals surface area (Å²) in [7, 11) is 4.60. The molecule has 1 aromatic rings. The minimum atomic E-state index is -0.130. The van der Waals surface area contributed by atoms with E-state index in [4.69, 9.17) is 14.2 Å². The minimum absolute atomic E-state index is 0.130. The molecule has 0 spiro atoms. The number of hydrogen-bond donors (Lipinski definition) is 1. The Balaban J connectivity index is 3.04. The molecule has 0 saturated heterocycles. The van der Waals surface area contributed by atoms with Gasteiger partial charge in [0.15, 0.2) is 11.5 Å². The van der Waals surface area contributed by atoms with E-state index in [1.54, 1.807) is 12.1 Å². The lowest BCUT2D eigenvalue weighted by Crippen LogP contribution is -2.34. The third-order valence-electron chi connectivity index (χ3n) is 3.39. The molecule has 1 amide bonds. The first kappa shape index (κ1) is 17.1. The molecule has 1 aromatic carbocycles. The molecule has 21 heavy (non-hydrogen) atoms. The molecule has 0 aliphatic carbocycles. The van der Waals surface area contributed by atoms with Crippen LogP contribution in [0.3, 0.4) is 0 Å². The number of rotatable bonds is 8. The van der Waals surface area contributed by atoms with Crippen molar-refractivity contribution in [3.8, 4) is 17.2 Å². The zero-order valence-corrected chi connectivity index (χ0v) is 13.5. The molecule has 0 aromatic heterocycles. The average molecular weight is 295 g/mol. The molecular weight excluding hydrogens is 270 g/mol. The van der Waals surface area contributed by atoms with Gasteiger partial charge < -0.3 is 19.5 Å². The van der Waals surface area contributed by atoms with Crippen molar-refractivity contribution in [3.05, 3.63) is 17.7 Å². The highest BCUT2D eigenvalue weighted by atomic mass is 16.5. The third-order valence-corrected chi connectivity index (χ3v) is 3.39. The molecular formula is C16H25NO4. The molecule has 5 nitrogen and oxygen atoms in total. The Morgan fingerprint density at radius 2 is 1.67 bits per heavy atom. The summed E-state index contributed by atoms with van der Waals surface area (Å²) in [6.45, 7) is 4.17. The van der Waals surface area contributed by atoms with Crippen molar-refractivity contribution < 1.29 is 19.0 Å². The van der Waals surface area contributed by atoms with Crippen LogP contribution in [0.15, 0.2) is 12.1 Å². The summed E-state index contributed by atoms with van der Waals surface area (Å²) in [5, 5.41) is 3.03. The van der Waals surface area contributed by atoms with Gasteiger partial charge >= 0.3 is 0 Å². The fraction of sp³-hybridized carbons (Fsp3) is 0.562. The molecule has 0 heterocycles. The van der Waals surface area contributed by atoms with Gasteiger partial charge in [-0.15, -0.1) is 0 Å². The Kier molecular flexibility index (Phi) is 6.85. The van der Waals surface area contributed by atoms with Crippen molar-refractivity contribution in [2.75, 3.05) is 21.3 Å². The topological polar surface area (TPSA) is 56.8 Å². The van der Waals surface area contributed by atoms with Gasteiger partial charge in [0.25, 0.3) is 5.91 Å². The Bertz CT molecular complexity index is 448. The van der Waals surface area contributed by atoms with Gasteiger partial charge in [-0.25, -0.2) is 0 Å². The first-order valence-corrected chi connectivity index (χ1v) is 7.22. The Hall–Kier alpha value is -1.91. The maximum Gasteiger partial charge on any atom is 0.251 e.